The molecule has 0 bridgehead atoms. The largest absolute Gasteiger partial charge is 0.467 e. The molecule has 0 heterocycles. The molecule has 0 fully saturated rings. The van der Waals surface area contributed by atoms with E-state index in [1.807, 2.05) is 56.3 Å². The molecule has 0 unspecified atom stereocenters. The highest BCUT2D eigenvalue weighted by atomic mass is 32.1. The van der Waals surface area contributed by atoms with E-state index in [4.69, 9.17) is 4.74 Å². The lowest BCUT2D eigenvalue weighted by molar-refractivity contribution is -0.407. The molecule has 30 heavy (non-hydrogen) atoms. The second kappa shape index (κ2) is 11.6. The van der Waals surface area contributed by atoms with Crippen LogP contribution in [-0.2, 0) is 9.53 Å². The first-order valence-electron chi connectivity index (χ1n) is 10.1. The highest BCUT2D eigenvalue weighted by Crippen LogP contribution is 2.27. The van der Waals surface area contributed by atoms with E-state index in [0.717, 1.165) is 16.8 Å². The number of hydrogen-bond donors (Lipinski definition) is 4. The molecular weight excluding hydrogens is 398 g/mol. The standard InChI is InChI=1S/C23H31N3O3S/c1-15(2)11-21(23(28)29-3)26-22(27)19-10-9-18(25-13-17(24)14-30)12-20(19)16-7-5-4-6-8-16/h4-10,12,15,17,21,25,30H,11,13-14,24H2,1-3H3,(H,26,27)/p+1/t17-,21+/m1/s1. The highest BCUT2D eigenvalue weighted by molar-refractivity contribution is 7.80. The molecule has 7 heteroatoms. The summed E-state index contributed by atoms with van der Waals surface area (Å²) in [6.07, 6.45) is 0.507. The van der Waals surface area contributed by atoms with Crippen molar-refractivity contribution in [2.45, 2.75) is 32.4 Å². The zero-order valence-corrected chi connectivity index (χ0v) is 18.7. The Bertz CT molecular complexity index is 843. The van der Waals surface area contributed by atoms with Crippen LogP contribution in [0.3, 0.4) is 0 Å². The molecule has 0 saturated heterocycles. The third-order valence-corrected chi connectivity index (χ3v) is 5.22. The Kier molecular flexibility index (Phi) is 9.20. The van der Waals surface area contributed by atoms with Crippen LogP contribution < -0.4 is 16.4 Å². The maximum atomic E-state index is 13.1. The number of benzene rings is 2. The summed E-state index contributed by atoms with van der Waals surface area (Å²) < 4.78 is 4.87. The van der Waals surface area contributed by atoms with Crippen molar-refractivity contribution >= 4 is 30.2 Å². The van der Waals surface area contributed by atoms with Gasteiger partial charge < -0.3 is 21.1 Å². The summed E-state index contributed by atoms with van der Waals surface area (Å²) in [7, 11) is 1.33. The summed E-state index contributed by atoms with van der Waals surface area (Å²) in [6, 6.07) is 14.8. The van der Waals surface area contributed by atoms with Crippen molar-refractivity contribution in [2.75, 3.05) is 24.7 Å². The molecule has 0 aliphatic carbocycles. The summed E-state index contributed by atoms with van der Waals surface area (Å²) in [5.74, 6) is 0.174. The minimum atomic E-state index is -0.689. The van der Waals surface area contributed by atoms with E-state index >= 15 is 0 Å². The molecule has 2 aromatic carbocycles. The van der Waals surface area contributed by atoms with Gasteiger partial charge in [-0.2, -0.15) is 12.6 Å². The van der Waals surface area contributed by atoms with Crippen LogP contribution in [-0.4, -0.2) is 43.4 Å². The summed E-state index contributed by atoms with van der Waals surface area (Å²) in [5, 5.41) is 6.20. The first-order valence-corrected chi connectivity index (χ1v) is 10.7. The van der Waals surface area contributed by atoms with E-state index in [-0.39, 0.29) is 17.9 Å². The zero-order chi connectivity index (χ0) is 22.1. The van der Waals surface area contributed by atoms with Crippen molar-refractivity contribution < 1.29 is 20.1 Å². The number of ether oxygens (including phenoxy) is 1. The Morgan fingerprint density at radius 3 is 2.43 bits per heavy atom. The van der Waals surface area contributed by atoms with Crippen molar-refractivity contribution in [1.82, 2.24) is 5.32 Å². The van der Waals surface area contributed by atoms with Crippen molar-refractivity contribution in [3.8, 4) is 11.1 Å². The Morgan fingerprint density at radius 1 is 1.13 bits per heavy atom. The van der Waals surface area contributed by atoms with E-state index < -0.39 is 12.0 Å². The Hall–Kier alpha value is -2.51. The molecule has 162 valence electrons. The Morgan fingerprint density at radius 2 is 1.83 bits per heavy atom. The summed E-state index contributed by atoms with van der Waals surface area (Å²) in [6.45, 7) is 4.68. The van der Waals surface area contributed by atoms with Gasteiger partial charge in [0.15, 0.2) is 0 Å². The molecule has 0 aliphatic heterocycles. The monoisotopic (exact) mass is 430 g/mol. The van der Waals surface area contributed by atoms with Gasteiger partial charge in [0.05, 0.1) is 13.7 Å². The van der Waals surface area contributed by atoms with Gasteiger partial charge in [0, 0.05) is 17.0 Å². The van der Waals surface area contributed by atoms with E-state index in [1.165, 1.54) is 7.11 Å². The van der Waals surface area contributed by atoms with Gasteiger partial charge in [0.2, 0.25) is 0 Å². The Labute approximate surface area is 184 Å². The van der Waals surface area contributed by atoms with Crippen LogP contribution in [0.15, 0.2) is 48.5 Å². The first kappa shape index (κ1) is 23.8. The van der Waals surface area contributed by atoms with Crippen LogP contribution in [0.5, 0.6) is 0 Å². The minimum absolute atomic E-state index is 0.174. The third-order valence-electron chi connectivity index (χ3n) is 4.70. The van der Waals surface area contributed by atoms with Crippen molar-refractivity contribution in [2.24, 2.45) is 5.92 Å². The van der Waals surface area contributed by atoms with Crippen LogP contribution in [0.2, 0.25) is 0 Å². The molecule has 6 nitrogen and oxygen atoms in total. The zero-order valence-electron chi connectivity index (χ0n) is 17.9. The van der Waals surface area contributed by atoms with Gasteiger partial charge in [-0.1, -0.05) is 44.2 Å². The average molecular weight is 431 g/mol. The van der Waals surface area contributed by atoms with Crippen LogP contribution in [0.1, 0.15) is 30.6 Å². The molecule has 2 atom stereocenters. The SMILES string of the molecule is COC(=O)[C@H](CC(C)C)NC(=O)c1ccc(NC[C@@H]([NH3+])CS)cc1-c1ccccc1. The van der Waals surface area contributed by atoms with Gasteiger partial charge in [0.1, 0.15) is 12.1 Å². The fourth-order valence-corrected chi connectivity index (χ4v) is 3.23. The summed E-state index contributed by atoms with van der Waals surface area (Å²) in [5.41, 5.74) is 7.14. The number of hydrogen-bond acceptors (Lipinski definition) is 5. The summed E-state index contributed by atoms with van der Waals surface area (Å²) >= 11 is 4.27. The first-order chi connectivity index (χ1) is 14.3. The van der Waals surface area contributed by atoms with Crippen molar-refractivity contribution in [1.29, 1.82) is 0 Å². The van der Waals surface area contributed by atoms with Gasteiger partial charge in [-0.3, -0.25) is 4.79 Å². The third kappa shape index (κ3) is 6.78. The number of quaternary nitrogens is 1. The number of rotatable bonds is 10. The number of thiol groups is 1. The maximum Gasteiger partial charge on any atom is 0.328 e. The quantitative estimate of drug-likeness (QED) is 0.344. The van der Waals surface area contributed by atoms with Gasteiger partial charge in [-0.15, -0.1) is 0 Å². The second-order valence-corrected chi connectivity index (χ2v) is 8.10. The molecule has 5 N–H and O–H groups in total. The minimum Gasteiger partial charge on any atom is -0.467 e. The molecule has 0 radical (unpaired) electrons. The smallest absolute Gasteiger partial charge is 0.328 e. The topological polar surface area (TPSA) is 95.1 Å². The molecule has 0 saturated carbocycles. The lowest BCUT2D eigenvalue weighted by Crippen LogP contribution is -2.64. The van der Waals surface area contributed by atoms with E-state index in [9.17, 15) is 9.59 Å². The van der Waals surface area contributed by atoms with E-state index in [1.54, 1.807) is 6.07 Å². The summed E-state index contributed by atoms with van der Waals surface area (Å²) in [4.78, 5) is 25.3. The van der Waals surface area contributed by atoms with E-state index in [0.29, 0.717) is 24.3 Å². The molecule has 0 aliphatic rings. The fourth-order valence-electron chi connectivity index (χ4n) is 3.10. The highest BCUT2D eigenvalue weighted by Gasteiger charge is 2.24. The fraction of sp³-hybridized carbons (Fsp3) is 0.391. The van der Waals surface area contributed by atoms with Crippen molar-refractivity contribution in [3.05, 3.63) is 54.1 Å². The van der Waals surface area contributed by atoms with Gasteiger partial charge >= 0.3 is 5.97 Å². The van der Waals surface area contributed by atoms with Gasteiger partial charge in [-0.05, 0) is 41.7 Å². The Balaban J connectivity index is 2.35. The normalized spacial score (nSPS) is 12.9. The molecular formula is C23H32N3O3S+. The van der Waals surface area contributed by atoms with Crippen molar-refractivity contribution in [3.63, 3.8) is 0 Å². The second-order valence-electron chi connectivity index (χ2n) is 7.73. The van der Waals surface area contributed by atoms with Crippen LogP contribution in [0.4, 0.5) is 5.69 Å². The maximum absolute atomic E-state index is 13.1. The number of nitrogens with one attached hydrogen (secondary N) is 2. The number of carbonyl (C=O) groups excluding carboxylic acids is 2. The molecule has 1 amide bonds. The molecule has 0 aromatic heterocycles. The van der Waals surface area contributed by atoms with Gasteiger partial charge in [-0.25, -0.2) is 4.79 Å². The lowest BCUT2D eigenvalue weighted by atomic mass is 9.97. The van der Waals surface area contributed by atoms with Gasteiger partial charge in [0.25, 0.3) is 5.91 Å². The molecule has 0 spiro atoms. The number of methoxy groups -OCH3 is 1. The van der Waals surface area contributed by atoms with Crippen LogP contribution in [0.25, 0.3) is 11.1 Å². The number of esters is 1. The predicted octanol–water partition coefficient (Wildman–Crippen LogP) is 2.62. The predicted molar refractivity (Wildman–Crippen MR) is 124 cm³/mol. The average Bonchev–Trinajstić information content (AvgIpc) is 2.76. The molecule has 2 rings (SSSR count). The number of anilines is 1. The number of carbonyl (C=O) groups is 2. The van der Waals surface area contributed by atoms with Crippen LogP contribution >= 0.6 is 12.6 Å². The van der Waals surface area contributed by atoms with E-state index in [2.05, 4.69) is 29.0 Å². The lowest BCUT2D eigenvalue weighted by Gasteiger charge is -2.20. The van der Waals surface area contributed by atoms with Crippen LogP contribution in [0, 0.1) is 5.92 Å². The molecule has 2 aromatic rings. The number of amides is 1.